The second kappa shape index (κ2) is 6.43. The van der Waals surface area contributed by atoms with Gasteiger partial charge in [-0.15, -0.1) is 11.8 Å². The van der Waals surface area contributed by atoms with E-state index < -0.39 is 0 Å². The van der Waals surface area contributed by atoms with Crippen molar-refractivity contribution in [3.05, 3.63) is 47.7 Å². The Bertz CT molecular complexity index is 611. The minimum absolute atomic E-state index is 0.0273. The third kappa shape index (κ3) is 3.74. The maximum atomic E-state index is 11.9. The van der Waals surface area contributed by atoms with E-state index in [1.807, 2.05) is 38.1 Å². The number of aromatic nitrogens is 1. The highest BCUT2D eigenvalue weighted by molar-refractivity contribution is 8.00. The van der Waals surface area contributed by atoms with Crippen molar-refractivity contribution in [3.63, 3.8) is 0 Å². The summed E-state index contributed by atoms with van der Waals surface area (Å²) in [6, 6.07) is 9.47. The standard InChI is InChI=1S/C15H17N3OS/c1-10-4-3-5-13(11(10)2)18-15(19)9-20-12-6-7-14(16)17-8-12/h3-8H,9H2,1-2H3,(H2,16,17)(H,18,19). The molecular weight excluding hydrogens is 270 g/mol. The molecule has 1 amide bonds. The van der Waals surface area contributed by atoms with E-state index in [0.29, 0.717) is 11.6 Å². The van der Waals surface area contributed by atoms with Crippen LogP contribution >= 0.6 is 11.8 Å². The van der Waals surface area contributed by atoms with E-state index in [-0.39, 0.29) is 5.91 Å². The number of nitrogen functional groups attached to an aromatic ring is 1. The van der Waals surface area contributed by atoms with Gasteiger partial charge in [-0.1, -0.05) is 12.1 Å². The summed E-state index contributed by atoms with van der Waals surface area (Å²) in [4.78, 5) is 16.9. The van der Waals surface area contributed by atoms with Crippen molar-refractivity contribution in [1.82, 2.24) is 4.98 Å². The smallest absolute Gasteiger partial charge is 0.234 e. The topological polar surface area (TPSA) is 68.0 Å². The van der Waals surface area contributed by atoms with Gasteiger partial charge in [-0.25, -0.2) is 4.98 Å². The van der Waals surface area contributed by atoms with Gasteiger partial charge in [0.05, 0.1) is 5.75 Å². The second-order valence-electron chi connectivity index (χ2n) is 4.50. The molecule has 2 aromatic rings. The van der Waals surface area contributed by atoms with Gasteiger partial charge in [-0.3, -0.25) is 4.79 Å². The third-order valence-electron chi connectivity index (χ3n) is 3.01. The SMILES string of the molecule is Cc1cccc(NC(=O)CSc2ccc(N)nc2)c1C. The van der Waals surface area contributed by atoms with Crippen LogP contribution in [0.1, 0.15) is 11.1 Å². The fraction of sp³-hybridized carbons (Fsp3) is 0.200. The molecule has 4 nitrogen and oxygen atoms in total. The summed E-state index contributed by atoms with van der Waals surface area (Å²) in [6.07, 6.45) is 1.67. The molecular formula is C15H17N3OS. The van der Waals surface area contributed by atoms with Crippen LogP contribution in [0.2, 0.25) is 0 Å². The zero-order valence-corrected chi connectivity index (χ0v) is 12.3. The van der Waals surface area contributed by atoms with Crippen molar-refractivity contribution in [1.29, 1.82) is 0 Å². The van der Waals surface area contributed by atoms with Crippen molar-refractivity contribution in [2.75, 3.05) is 16.8 Å². The fourth-order valence-corrected chi connectivity index (χ4v) is 2.36. The van der Waals surface area contributed by atoms with Crippen LogP contribution < -0.4 is 11.1 Å². The van der Waals surface area contributed by atoms with Crippen LogP contribution in [0.3, 0.4) is 0 Å². The average Bonchev–Trinajstić information content (AvgIpc) is 2.43. The number of anilines is 2. The molecule has 0 aliphatic carbocycles. The number of nitrogens with zero attached hydrogens (tertiary/aromatic N) is 1. The fourth-order valence-electron chi connectivity index (χ4n) is 1.70. The van der Waals surface area contributed by atoms with E-state index in [1.165, 1.54) is 11.8 Å². The molecule has 0 spiro atoms. The summed E-state index contributed by atoms with van der Waals surface area (Å²) in [5.41, 5.74) is 8.64. The van der Waals surface area contributed by atoms with E-state index in [9.17, 15) is 4.79 Å². The number of thioether (sulfide) groups is 1. The minimum Gasteiger partial charge on any atom is -0.384 e. The van der Waals surface area contributed by atoms with Crippen LogP contribution in [0.4, 0.5) is 11.5 Å². The Morgan fingerprint density at radius 1 is 1.30 bits per heavy atom. The molecule has 0 atom stereocenters. The third-order valence-corrected chi connectivity index (χ3v) is 3.99. The highest BCUT2D eigenvalue weighted by Gasteiger charge is 2.06. The molecule has 2 rings (SSSR count). The Hall–Kier alpha value is -2.01. The molecule has 0 fully saturated rings. The number of carbonyl (C=O) groups excluding carboxylic acids is 1. The highest BCUT2D eigenvalue weighted by atomic mass is 32.2. The first-order valence-electron chi connectivity index (χ1n) is 6.26. The van der Waals surface area contributed by atoms with Crippen LogP contribution in [0.25, 0.3) is 0 Å². The lowest BCUT2D eigenvalue weighted by molar-refractivity contribution is -0.113. The first-order valence-corrected chi connectivity index (χ1v) is 7.25. The summed E-state index contributed by atoms with van der Waals surface area (Å²) < 4.78 is 0. The number of rotatable bonds is 4. The molecule has 0 saturated heterocycles. The number of amides is 1. The molecule has 5 heteroatoms. The Balaban J connectivity index is 1.92. The van der Waals surface area contributed by atoms with Gasteiger partial charge in [0.1, 0.15) is 5.82 Å². The Morgan fingerprint density at radius 3 is 2.80 bits per heavy atom. The number of pyridine rings is 1. The number of hydrogen-bond donors (Lipinski definition) is 2. The summed E-state index contributed by atoms with van der Waals surface area (Å²) in [6.45, 7) is 4.03. The van der Waals surface area contributed by atoms with Gasteiger partial charge in [-0.2, -0.15) is 0 Å². The number of carbonyl (C=O) groups is 1. The molecule has 0 radical (unpaired) electrons. The Morgan fingerprint density at radius 2 is 2.10 bits per heavy atom. The van der Waals surface area contributed by atoms with Gasteiger partial charge in [0.25, 0.3) is 0 Å². The molecule has 0 saturated carbocycles. The predicted molar refractivity (Wildman–Crippen MR) is 83.9 cm³/mol. The predicted octanol–water partition coefficient (Wildman–Crippen LogP) is 3.01. The van der Waals surface area contributed by atoms with Crippen LogP contribution in [-0.2, 0) is 4.79 Å². The van der Waals surface area contributed by atoms with E-state index >= 15 is 0 Å². The molecule has 0 bridgehead atoms. The van der Waals surface area contributed by atoms with Crippen LogP contribution in [0.15, 0.2) is 41.4 Å². The summed E-state index contributed by atoms with van der Waals surface area (Å²) in [5, 5.41) is 2.93. The van der Waals surface area contributed by atoms with Crippen molar-refractivity contribution in [2.24, 2.45) is 0 Å². The molecule has 0 unspecified atom stereocenters. The van der Waals surface area contributed by atoms with Crippen LogP contribution in [0, 0.1) is 13.8 Å². The average molecular weight is 287 g/mol. The summed E-state index contributed by atoms with van der Waals surface area (Å²) in [5.74, 6) is 0.800. The van der Waals surface area contributed by atoms with Gasteiger partial charge >= 0.3 is 0 Å². The van der Waals surface area contributed by atoms with E-state index in [1.54, 1.807) is 12.3 Å². The maximum Gasteiger partial charge on any atom is 0.234 e. The molecule has 104 valence electrons. The van der Waals surface area contributed by atoms with E-state index in [4.69, 9.17) is 5.73 Å². The number of aryl methyl sites for hydroxylation is 1. The largest absolute Gasteiger partial charge is 0.384 e. The zero-order chi connectivity index (χ0) is 14.5. The molecule has 0 aliphatic rings. The van der Waals surface area contributed by atoms with Crippen molar-refractivity contribution >= 4 is 29.2 Å². The zero-order valence-electron chi connectivity index (χ0n) is 11.5. The first kappa shape index (κ1) is 14.4. The van der Waals surface area contributed by atoms with Gasteiger partial charge in [0.15, 0.2) is 0 Å². The number of nitrogens with one attached hydrogen (secondary N) is 1. The van der Waals surface area contributed by atoms with Crippen molar-refractivity contribution in [2.45, 2.75) is 18.7 Å². The summed E-state index contributed by atoms with van der Waals surface area (Å²) >= 11 is 1.44. The Kier molecular flexibility index (Phi) is 4.63. The summed E-state index contributed by atoms with van der Waals surface area (Å²) in [7, 11) is 0. The normalized spacial score (nSPS) is 10.3. The molecule has 1 heterocycles. The van der Waals surface area contributed by atoms with Crippen LogP contribution in [0.5, 0.6) is 0 Å². The lowest BCUT2D eigenvalue weighted by Crippen LogP contribution is -2.15. The quantitative estimate of drug-likeness (QED) is 0.848. The van der Waals surface area contributed by atoms with E-state index in [0.717, 1.165) is 21.7 Å². The van der Waals surface area contributed by atoms with Crippen molar-refractivity contribution in [3.8, 4) is 0 Å². The van der Waals surface area contributed by atoms with E-state index in [2.05, 4.69) is 10.3 Å². The van der Waals surface area contributed by atoms with Gasteiger partial charge in [0.2, 0.25) is 5.91 Å². The highest BCUT2D eigenvalue weighted by Crippen LogP contribution is 2.20. The van der Waals surface area contributed by atoms with Gasteiger partial charge < -0.3 is 11.1 Å². The van der Waals surface area contributed by atoms with Crippen molar-refractivity contribution < 1.29 is 4.79 Å². The first-order chi connectivity index (χ1) is 9.56. The molecule has 20 heavy (non-hydrogen) atoms. The lowest BCUT2D eigenvalue weighted by atomic mass is 10.1. The van der Waals surface area contributed by atoms with Crippen LogP contribution in [-0.4, -0.2) is 16.6 Å². The second-order valence-corrected chi connectivity index (χ2v) is 5.55. The number of nitrogens with two attached hydrogens (primary N) is 1. The maximum absolute atomic E-state index is 11.9. The Labute approximate surface area is 122 Å². The molecule has 1 aromatic heterocycles. The van der Waals surface area contributed by atoms with Gasteiger partial charge in [-0.05, 0) is 43.2 Å². The molecule has 0 aliphatic heterocycles. The number of benzene rings is 1. The minimum atomic E-state index is -0.0273. The molecule has 1 aromatic carbocycles. The lowest BCUT2D eigenvalue weighted by Gasteiger charge is -2.10. The number of hydrogen-bond acceptors (Lipinski definition) is 4. The van der Waals surface area contributed by atoms with Gasteiger partial charge in [0, 0.05) is 16.8 Å². The monoisotopic (exact) mass is 287 g/mol. The molecule has 3 N–H and O–H groups in total.